The molecule has 0 aromatic rings. The summed E-state index contributed by atoms with van der Waals surface area (Å²) in [6.45, 7) is 4.41. The standard InChI is InChI=1S/C16H27N5O8/c1-6(2)12(16(28)29)21-13(25)7(3)19-15(27)9(5-11(23)24)20-14(26)8(17)4-10(18)22/h6-9,12H,4-5,17H2,1-3H3,(H2,18,22)(H,19,27)(H,20,26)(H,21,25)(H,23,24)(H,28,29). The number of carboxylic acid groups (broad SMARTS) is 2. The van der Waals surface area contributed by atoms with Crippen LogP contribution in [0.15, 0.2) is 0 Å². The van der Waals surface area contributed by atoms with Gasteiger partial charge in [0.15, 0.2) is 0 Å². The summed E-state index contributed by atoms with van der Waals surface area (Å²) in [6.07, 6.45) is -1.34. The molecule has 0 radical (unpaired) electrons. The summed E-state index contributed by atoms with van der Waals surface area (Å²) in [5.74, 6) is -6.77. The molecule has 4 unspecified atom stereocenters. The van der Waals surface area contributed by atoms with Crippen molar-refractivity contribution in [2.24, 2.45) is 17.4 Å². The lowest BCUT2D eigenvalue weighted by molar-refractivity contribution is -0.144. The van der Waals surface area contributed by atoms with Crippen LogP contribution in [0, 0.1) is 5.92 Å². The van der Waals surface area contributed by atoms with Crippen molar-refractivity contribution < 1.29 is 39.0 Å². The third-order valence-electron chi connectivity index (χ3n) is 3.75. The van der Waals surface area contributed by atoms with Gasteiger partial charge in [-0.3, -0.25) is 24.0 Å². The lowest BCUT2D eigenvalue weighted by Crippen LogP contribution is -2.57. The molecule has 0 fully saturated rings. The summed E-state index contributed by atoms with van der Waals surface area (Å²) in [5, 5.41) is 24.6. The van der Waals surface area contributed by atoms with Crippen molar-refractivity contribution in [3.05, 3.63) is 0 Å². The Kier molecular flexibility index (Phi) is 10.3. The van der Waals surface area contributed by atoms with Crippen LogP contribution in [0.4, 0.5) is 0 Å². The van der Waals surface area contributed by atoms with Gasteiger partial charge in [0.05, 0.1) is 18.9 Å². The Labute approximate surface area is 166 Å². The fourth-order valence-corrected chi connectivity index (χ4v) is 2.14. The molecule has 4 amide bonds. The number of carbonyl (C=O) groups excluding carboxylic acids is 4. The lowest BCUT2D eigenvalue weighted by atomic mass is 10.0. The zero-order valence-corrected chi connectivity index (χ0v) is 16.3. The molecule has 0 heterocycles. The molecule has 0 rings (SSSR count). The molecule has 0 aliphatic rings. The molecule has 0 aliphatic carbocycles. The Morgan fingerprint density at radius 1 is 0.828 bits per heavy atom. The third kappa shape index (κ3) is 9.51. The van der Waals surface area contributed by atoms with Crippen LogP contribution in [0.3, 0.4) is 0 Å². The van der Waals surface area contributed by atoms with E-state index in [-0.39, 0.29) is 0 Å². The van der Waals surface area contributed by atoms with E-state index in [4.69, 9.17) is 21.7 Å². The number of carbonyl (C=O) groups is 6. The summed E-state index contributed by atoms with van der Waals surface area (Å²) in [6, 6.07) is -5.40. The SMILES string of the molecule is CC(NC(=O)C(CC(=O)O)NC(=O)C(N)CC(N)=O)C(=O)NC(C(=O)O)C(C)C. The molecule has 13 nitrogen and oxygen atoms in total. The first-order valence-corrected chi connectivity index (χ1v) is 8.65. The smallest absolute Gasteiger partial charge is 0.326 e. The Bertz CT molecular complexity index is 666. The highest BCUT2D eigenvalue weighted by molar-refractivity contribution is 5.96. The Morgan fingerprint density at radius 3 is 1.79 bits per heavy atom. The van der Waals surface area contributed by atoms with E-state index in [0.717, 1.165) is 0 Å². The zero-order valence-electron chi connectivity index (χ0n) is 16.3. The number of nitrogens with one attached hydrogen (secondary N) is 3. The minimum absolute atomic E-state index is 0.426. The van der Waals surface area contributed by atoms with Crippen molar-refractivity contribution in [2.75, 3.05) is 0 Å². The van der Waals surface area contributed by atoms with Crippen LogP contribution in [0.5, 0.6) is 0 Å². The number of hydrogen-bond donors (Lipinski definition) is 7. The van der Waals surface area contributed by atoms with Crippen LogP contribution in [0.1, 0.15) is 33.6 Å². The van der Waals surface area contributed by atoms with Gasteiger partial charge in [0.2, 0.25) is 23.6 Å². The van der Waals surface area contributed by atoms with E-state index in [1.165, 1.54) is 6.92 Å². The normalized spacial score (nSPS) is 14.8. The van der Waals surface area contributed by atoms with Gasteiger partial charge in [0.1, 0.15) is 18.1 Å². The summed E-state index contributed by atoms with van der Waals surface area (Å²) in [5.41, 5.74) is 10.4. The van der Waals surface area contributed by atoms with E-state index >= 15 is 0 Å². The number of nitrogens with two attached hydrogens (primary N) is 2. The van der Waals surface area contributed by atoms with E-state index in [1.54, 1.807) is 13.8 Å². The summed E-state index contributed by atoms with van der Waals surface area (Å²) >= 11 is 0. The monoisotopic (exact) mass is 417 g/mol. The number of aliphatic carboxylic acids is 2. The molecule has 13 heteroatoms. The van der Waals surface area contributed by atoms with Gasteiger partial charge in [0, 0.05) is 0 Å². The largest absolute Gasteiger partial charge is 0.481 e. The predicted molar refractivity (Wildman–Crippen MR) is 98.0 cm³/mol. The fourth-order valence-electron chi connectivity index (χ4n) is 2.14. The third-order valence-corrected chi connectivity index (χ3v) is 3.75. The van der Waals surface area contributed by atoms with E-state index in [9.17, 15) is 28.8 Å². The maximum Gasteiger partial charge on any atom is 0.326 e. The molecule has 0 aromatic heterocycles. The van der Waals surface area contributed by atoms with Gasteiger partial charge in [0.25, 0.3) is 0 Å². The van der Waals surface area contributed by atoms with Gasteiger partial charge in [-0.2, -0.15) is 0 Å². The highest BCUT2D eigenvalue weighted by Crippen LogP contribution is 2.03. The second-order valence-electron chi connectivity index (χ2n) is 6.73. The molecule has 0 saturated heterocycles. The molecule has 0 bridgehead atoms. The quantitative estimate of drug-likeness (QED) is 0.170. The fraction of sp³-hybridized carbons (Fsp3) is 0.625. The second kappa shape index (κ2) is 11.6. The minimum Gasteiger partial charge on any atom is -0.481 e. The maximum atomic E-state index is 12.3. The number of hydrogen-bond acceptors (Lipinski definition) is 7. The Morgan fingerprint density at radius 2 is 1.38 bits per heavy atom. The molecule has 0 aliphatic heterocycles. The number of amides is 4. The van der Waals surface area contributed by atoms with Crippen LogP contribution in [-0.2, 0) is 28.8 Å². The highest BCUT2D eigenvalue weighted by Gasteiger charge is 2.30. The predicted octanol–water partition coefficient (Wildman–Crippen LogP) is -3.12. The summed E-state index contributed by atoms with van der Waals surface area (Å²) < 4.78 is 0. The van der Waals surface area contributed by atoms with Crippen molar-refractivity contribution in [1.82, 2.24) is 16.0 Å². The second-order valence-corrected chi connectivity index (χ2v) is 6.73. The van der Waals surface area contributed by atoms with Crippen molar-refractivity contribution in [2.45, 2.75) is 57.8 Å². The molecular weight excluding hydrogens is 390 g/mol. The molecule has 9 N–H and O–H groups in total. The molecule has 0 spiro atoms. The van der Waals surface area contributed by atoms with Gasteiger partial charge >= 0.3 is 11.9 Å². The molecule has 0 aromatic carbocycles. The summed E-state index contributed by atoms with van der Waals surface area (Å²) in [7, 11) is 0. The average Bonchev–Trinajstić information content (AvgIpc) is 2.56. The van der Waals surface area contributed by atoms with E-state index in [1.807, 2.05) is 0 Å². The Hall–Kier alpha value is -3.22. The van der Waals surface area contributed by atoms with Gasteiger partial charge < -0.3 is 37.6 Å². The first kappa shape index (κ1) is 25.8. The van der Waals surface area contributed by atoms with E-state index in [0.29, 0.717) is 0 Å². The summed E-state index contributed by atoms with van der Waals surface area (Å²) in [4.78, 5) is 69.3. The highest BCUT2D eigenvalue weighted by atomic mass is 16.4. The van der Waals surface area contributed by atoms with E-state index in [2.05, 4.69) is 16.0 Å². The van der Waals surface area contributed by atoms with Crippen molar-refractivity contribution in [3.63, 3.8) is 0 Å². The zero-order chi connectivity index (χ0) is 22.9. The van der Waals surface area contributed by atoms with Crippen LogP contribution < -0.4 is 27.4 Å². The molecule has 164 valence electrons. The van der Waals surface area contributed by atoms with Crippen LogP contribution in [0.2, 0.25) is 0 Å². The van der Waals surface area contributed by atoms with Gasteiger partial charge in [-0.1, -0.05) is 13.8 Å². The van der Waals surface area contributed by atoms with Crippen LogP contribution in [-0.4, -0.2) is 69.9 Å². The maximum absolute atomic E-state index is 12.3. The number of primary amides is 1. The average molecular weight is 417 g/mol. The Balaban J connectivity index is 5.10. The molecular formula is C16H27N5O8. The number of rotatable bonds is 12. The van der Waals surface area contributed by atoms with Crippen LogP contribution >= 0.6 is 0 Å². The molecule has 4 atom stereocenters. The molecule has 0 saturated carbocycles. The first-order valence-electron chi connectivity index (χ1n) is 8.65. The number of carboxylic acids is 2. The lowest BCUT2D eigenvalue weighted by Gasteiger charge is -2.23. The van der Waals surface area contributed by atoms with Crippen molar-refractivity contribution in [3.8, 4) is 0 Å². The van der Waals surface area contributed by atoms with Crippen LogP contribution in [0.25, 0.3) is 0 Å². The van der Waals surface area contributed by atoms with Crippen molar-refractivity contribution in [1.29, 1.82) is 0 Å². The molecule has 29 heavy (non-hydrogen) atoms. The van der Waals surface area contributed by atoms with Gasteiger partial charge in [-0.15, -0.1) is 0 Å². The van der Waals surface area contributed by atoms with Crippen molar-refractivity contribution >= 4 is 35.6 Å². The van der Waals surface area contributed by atoms with Gasteiger partial charge in [-0.05, 0) is 12.8 Å². The van der Waals surface area contributed by atoms with E-state index < -0.39 is 78.5 Å². The topological polar surface area (TPSA) is 231 Å². The minimum atomic E-state index is -1.59. The first-order chi connectivity index (χ1) is 13.3. The van der Waals surface area contributed by atoms with Gasteiger partial charge in [-0.25, -0.2) is 4.79 Å².